The molecule has 2 heterocycles. The number of nitrogens with one attached hydrogen (secondary N) is 1. The minimum absolute atomic E-state index is 0.0249. The Morgan fingerprint density at radius 1 is 1.23 bits per heavy atom. The first kappa shape index (κ1) is 15.5. The number of carbonyl (C=O) groups excluding carboxylic acids is 2. The Hall–Kier alpha value is -1.36. The van der Waals surface area contributed by atoms with E-state index in [0.717, 1.165) is 61.4 Å². The van der Waals surface area contributed by atoms with E-state index in [1.807, 2.05) is 24.0 Å². The molecule has 1 saturated carbocycles. The Kier molecular flexibility index (Phi) is 4.81. The molecule has 1 aliphatic heterocycles. The van der Waals surface area contributed by atoms with Gasteiger partial charge in [-0.1, -0.05) is 6.42 Å². The summed E-state index contributed by atoms with van der Waals surface area (Å²) < 4.78 is 0. The van der Waals surface area contributed by atoms with Gasteiger partial charge in [0.2, 0.25) is 5.91 Å². The van der Waals surface area contributed by atoms with Gasteiger partial charge < -0.3 is 10.2 Å². The van der Waals surface area contributed by atoms with Crippen molar-refractivity contribution < 1.29 is 9.59 Å². The number of amides is 2. The first-order valence-corrected chi connectivity index (χ1v) is 9.13. The number of aryl methyl sites for hydroxylation is 1. The molecule has 120 valence electrons. The smallest absolute Gasteiger partial charge is 0.264 e. The van der Waals surface area contributed by atoms with Crippen LogP contribution >= 0.6 is 11.3 Å². The molecule has 1 saturated heterocycles. The Morgan fingerprint density at radius 2 is 2.09 bits per heavy atom. The molecule has 0 radical (unpaired) electrons. The molecule has 0 unspecified atom stereocenters. The lowest BCUT2D eigenvalue weighted by Gasteiger charge is -2.33. The van der Waals surface area contributed by atoms with Gasteiger partial charge in [0.1, 0.15) is 0 Å². The van der Waals surface area contributed by atoms with Crippen LogP contribution in [0.1, 0.15) is 53.1 Å². The van der Waals surface area contributed by atoms with Crippen LogP contribution in [0.15, 0.2) is 12.1 Å². The maximum Gasteiger partial charge on any atom is 0.264 e. The maximum atomic E-state index is 12.9. The zero-order valence-electron chi connectivity index (χ0n) is 13.1. The van der Waals surface area contributed by atoms with Crippen molar-refractivity contribution in [3.05, 3.63) is 21.9 Å². The first-order chi connectivity index (χ1) is 10.7. The van der Waals surface area contributed by atoms with Gasteiger partial charge in [-0.25, -0.2) is 0 Å². The van der Waals surface area contributed by atoms with Crippen LogP contribution in [-0.4, -0.2) is 35.8 Å². The summed E-state index contributed by atoms with van der Waals surface area (Å²) in [4.78, 5) is 29.3. The van der Waals surface area contributed by atoms with Crippen LogP contribution in [0.4, 0.5) is 0 Å². The molecular formula is C17H24N2O2S. The molecule has 3 rings (SSSR count). The van der Waals surface area contributed by atoms with Crippen molar-refractivity contribution in [3.8, 4) is 0 Å². The topological polar surface area (TPSA) is 49.4 Å². The zero-order chi connectivity index (χ0) is 15.5. The molecule has 22 heavy (non-hydrogen) atoms. The van der Waals surface area contributed by atoms with Gasteiger partial charge in [-0.05, 0) is 51.2 Å². The van der Waals surface area contributed by atoms with Gasteiger partial charge in [0.25, 0.3) is 5.91 Å². The highest BCUT2D eigenvalue weighted by molar-refractivity contribution is 7.13. The summed E-state index contributed by atoms with van der Waals surface area (Å²) >= 11 is 1.55. The van der Waals surface area contributed by atoms with Crippen LogP contribution in [0.3, 0.4) is 0 Å². The summed E-state index contributed by atoms with van der Waals surface area (Å²) in [6, 6.07) is 4.00. The number of carbonyl (C=O) groups is 2. The van der Waals surface area contributed by atoms with Gasteiger partial charge in [-0.15, -0.1) is 11.3 Å². The highest BCUT2D eigenvalue weighted by Gasteiger charge is 2.39. The predicted octanol–water partition coefficient (Wildman–Crippen LogP) is 2.97. The van der Waals surface area contributed by atoms with Crippen LogP contribution in [0.5, 0.6) is 0 Å². The molecule has 1 aliphatic carbocycles. The predicted molar refractivity (Wildman–Crippen MR) is 88.1 cm³/mol. The van der Waals surface area contributed by atoms with E-state index in [2.05, 4.69) is 5.32 Å². The van der Waals surface area contributed by atoms with E-state index < -0.39 is 0 Å². The molecule has 2 amide bonds. The summed E-state index contributed by atoms with van der Waals surface area (Å²) in [5.74, 6) is 0.232. The average molecular weight is 320 g/mol. The minimum Gasteiger partial charge on any atom is -0.356 e. The third-order valence-corrected chi connectivity index (χ3v) is 5.79. The van der Waals surface area contributed by atoms with E-state index in [9.17, 15) is 9.59 Å². The molecule has 5 heteroatoms. The van der Waals surface area contributed by atoms with E-state index in [4.69, 9.17) is 0 Å². The zero-order valence-corrected chi connectivity index (χ0v) is 14.0. The Bertz CT molecular complexity index is 555. The molecule has 2 fully saturated rings. The van der Waals surface area contributed by atoms with E-state index >= 15 is 0 Å². The van der Waals surface area contributed by atoms with Crippen molar-refractivity contribution in [2.24, 2.45) is 5.92 Å². The Balaban J connectivity index is 1.84. The Labute approximate surface area is 135 Å². The van der Waals surface area contributed by atoms with Crippen molar-refractivity contribution in [2.75, 3.05) is 13.1 Å². The van der Waals surface area contributed by atoms with E-state index in [0.29, 0.717) is 0 Å². The lowest BCUT2D eigenvalue weighted by atomic mass is 9.99. The molecule has 2 aliphatic rings. The lowest BCUT2D eigenvalue weighted by molar-refractivity contribution is -0.126. The van der Waals surface area contributed by atoms with Crippen LogP contribution in [-0.2, 0) is 4.79 Å². The Morgan fingerprint density at radius 3 is 2.86 bits per heavy atom. The third kappa shape index (κ3) is 3.19. The molecular weight excluding hydrogens is 296 g/mol. The summed E-state index contributed by atoms with van der Waals surface area (Å²) in [5.41, 5.74) is 0. The number of hydrogen-bond acceptors (Lipinski definition) is 3. The number of hydrogen-bond donors (Lipinski definition) is 1. The van der Waals surface area contributed by atoms with Crippen molar-refractivity contribution >= 4 is 23.2 Å². The standard InChI is InChI=1S/C17H24N2O2S/c1-12-8-9-15(22-12)17(21)19-11-4-2-3-10-18-16(20)13-6-5-7-14(13)19/h8-9,13-14H,2-7,10-11H2,1H3,(H,18,20)/t13-,14+/m1/s1. The molecule has 1 aromatic heterocycles. The number of thiophene rings is 1. The highest BCUT2D eigenvalue weighted by Crippen LogP contribution is 2.32. The summed E-state index contributed by atoms with van der Waals surface area (Å²) in [6.45, 7) is 3.58. The van der Waals surface area contributed by atoms with E-state index in [1.54, 1.807) is 11.3 Å². The number of nitrogens with zero attached hydrogens (tertiary/aromatic N) is 1. The van der Waals surface area contributed by atoms with Gasteiger partial charge in [0.05, 0.1) is 10.8 Å². The fourth-order valence-corrected chi connectivity index (χ4v) is 4.48. The van der Waals surface area contributed by atoms with E-state index in [-0.39, 0.29) is 23.8 Å². The highest BCUT2D eigenvalue weighted by atomic mass is 32.1. The fourth-order valence-electron chi connectivity index (χ4n) is 3.65. The molecule has 0 bridgehead atoms. The quantitative estimate of drug-likeness (QED) is 0.865. The summed E-state index contributed by atoms with van der Waals surface area (Å²) in [6.07, 6.45) is 5.98. The SMILES string of the molecule is Cc1ccc(C(=O)N2CCCCCNC(=O)[C@@H]3CCC[C@@H]32)s1. The molecule has 1 N–H and O–H groups in total. The second-order valence-corrected chi connectivity index (χ2v) is 7.65. The molecule has 4 nitrogen and oxygen atoms in total. The first-order valence-electron chi connectivity index (χ1n) is 8.32. The lowest BCUT2D eigenvalue weighted by Crippen LogP contribution is -2.48. The molecule has 0 aromatic carbocycles. The normalized spacial score (nSPS) is 26.4. The molecule has 1 aromatic rings. The summed E-state index contributed by atoms with van der Waals surface area (Å²) in [5, 5.41) is 3.05. The van der Waals surface area contributed by atoms with Crippen LogP contribution in [0.2, 0.25) is 0 Å². The second kappa shape index (κ2) is 6.82. The molecule has 0 spiro atoms. The van der Waals surface area contributed by atoms with Crippen molar-refractivity contribution in [1.29, 1.82) is 0 Å². The average Bonchev–Trinajstić information content (AvgIpc) is 3.14. The van der Waals surface area contributed by atoms with Gasteiger partial charge in [-0.2, -0.15) is 0 Å². The van der Waals surface area contributed by atoms with Crippen molar-refractivity contribution in [2.45, 2.75) is 51.5 Å². The van der Waals surface area contributed by atoms with Gasteiger partial charge in [-0.3, -0.25) is 9.59 Å². The maximum absolute atomic E-state index is 12.9. The minimum atomic E-state index is -0.0249. The van der Waals surface area contributed by atoms with Crippen LogP contribution in [0, 0.1) is 12.8 Å². The van der Waals surface area contributed by atoms with Crippen molar-refractivity contribution in [1.82, 2.24) is 10.2 Å². The van der Waals surface area contributed by atoms with Gasteiger partial charge in [0, 0.05) is 24.0 Å². The number of rotatable bonds is 1. The van der Waals surface area contributed by atoms with Gasteiger partial charge in [0.15, 0.2) is 0 Å². The second-order valence-electron chi connectivity index (χ2n) is 6.37. The monoisotopic (exact) mass is 320 g/mol. The van der Waals surface area contributed by atoms with Crippen molar-refractivity contribution in [3.63, 3.8) is 0 Å². The summed E-state index contributed by atoms with van der Waals surface area (Å²) in [7, 11) is 0. The number of fused-ring (bicyclic) bond motifs is 1. The largest absolute Gasteiger partial charge is 0.356 e. The van der Waals surface area contributed by atoms with Gasteiger partial charge >= 0.3 is 0 Å². The van der Waals surface area contributed by atoms with E-state index in [1.165, 1.54) is 0 Å². The van der Waals surface area contributed by atoms with Crippen LogP contribution < -0.4 is 5.32 Å². The van der Waals surface area contributed by atoms with Crippen LogP contribution in [0.25, 0.3) is 0 Å². The fraction of sp³-hybridized carbons (Fsp3) is 0.647. The molecule has 2 atom stereocenters. The third-order valence-electron chi connectivity index (χ3n) is 4.80.